The van der Waals surface area contributed by atoms with E-state index in [9.17, 15) is 8.42 Å². The van der Waals surface area contributed by atoms with Gasteiger partial charge in [0.1, 0.15) is 15.6 Å². The van der Waals surface area contributed by atoms with Gasteiger partial charge in [-0.25, -0.2) is 8.42 Å². The van der Waals surface area contributed by atoms with Crippen LogP contribution in [0.1, 0.15) is 37.8 Å². The van der Waals surface area contributed by atoms with Gasteiger partial charge in [0, 0.05) is 32.0 Å². The number of hydrogen-bond donors (Lipinski definition) is 2. The average molecular weight is 511 g/mol. The van der Waals surface area contributed by atoms with Gasteiger partial charge in [-0.2, -0.15) is 0 Å². The van der Waals surface area contributed by atoms with Crippen molar-refractivity contribution >= 4 is 39.8 Å². The van der Waals surface area contributed by atoms with Crippen molar-refractivity contribution in [2.45, 2.75) is 40.2 Å². The van der Waals surface area contributed by atoms with E-state index in [4.69, 9.17) is 4.74 Å². The predicted molar refractivity (Wildman–Crippen MR) is 124 cm³/mol. The molecule has 8 heteroatoms. The van der Waals surface area contributed by atoms with Crippen LogP contribution in [0, 0.1) is 12.8 Å². The van der Waals surface area contributed by atoms with E-state index >= 15 is 0 Å². The molecule has 156 valence electrons. The summed E-state index contributed by atoms with van der Waals surface area (Å²) in [7, 11) is -1.23. The summed E-state index contributed by atoms with van der Waals surface area (Å²) in [6.45, 7) is 8.26. The van der Waals surface area contributed by atoms with Gasteiger partial charge in [0.25, 0.3) is 0 Å². The molecule has 0 saturated heterocycles. The van der Waals surface area contributed by atoms with E-state index in [0.717, 1.165) is 23.3 Å². The molecular weight excluding hydrogens is 477 g/mol. The predicted octanol–water partition coefficient (Wildman–Crippen LogP) is 3.14. The molecule has 0 unspecified atom stereocenters. The Labute approximate surface area is 181 Å². The second-order valence-corrected chi connectivity index (χ2v) is 9.24. The van der Waals surface area contributed by atoms with E-state index in [2.05, 4.69) is 54.6 Å². The zero-order valence-electron chi connectivity index (χ0n) is 17.0. The summed E-state index contributed by atoms with van der Waals surface area (Å²) < 4.78 is 28.3. The third kappa shape index (κ3) is 12.1. The molecule has 0 fully saturated rings. The van der Waals surface area contributed by atoms with Crippen molar-refractivity contribution in [1.29, 1.82) is 0 Å². The van der Waals surface area contributed by atoms with Crippen molar-refractivity contribution in [3.8, 4) is 5.75 Å². The van der Waals surface area contributed by atoms with Crippen LogP contribution in [0.2, 0.25) is 0 Å². The van der Waals surface area contributed by atoms with Gasteiger partial charge in [-0.15, -0.1) is 24.0 Å². The van der Waals surface area contributed by atoms with E-state index in [0.29, 0.717) is 38.0 Å². The number of ether oxygens (including phenoxy) is 1. The number of hydrogen-bond acceptors (Lipinski definition) is 4. The van der Waals surface area contributed by atoms with Gasteiger partial charge in [0.2, 0.25) is 0 Å². The van der Waals surface area contributed by atoms with E-state index < -0.39 is 9.84 Å². The molecule has 0 radical (unpaired) electrons. The van der Waals surface area contributed by atoms with E-state index in [-0.39, 0.29) is 29.7 Å². The van der Waals surface area contributed by atoms with Crippen LogP contribution >= 0.6 is 24.0 Å². The smallest absolute Gasteiger partial charge is 0.191 e. The summed E-state index contributed by atoms with van der Waals surface area (Å²) in [5.41, 5.74) is 2.23. The quantitative estimate of drug-likeness (QED) is 0.219. The lowest BCUT2D eigenvalue weighted by atomic mass is 10.1. The highest BCUT2D eigenvalue weighted by molar-refractivity contribution is 14.0. The molecule has 0 atom stereocenters. The number of aliphatic imine (C=N–C) groups is 1. The molecule has 0 saturated carbocycles. The summed E-state index contributed by atoms with van der Waals surface area (Å²) in [5, 5.41) is 6.39. The normalized spacial score (nSPS) is 11.9. The maximum absolute atomic E-state index is 11.2. The molecule has 0 aliphatic rings. The fourth-order valence-electron chi connectivity index (χ4n) is 2.29. The van der Waals surface area contributed by atoms with Crippen molar-refractivity contribution in [3.05, 3.63) is 29.3 Å². The van der Waals surface area contributed by atoms with Crippen LogP contribution in [0.3, 0.4) is 0 Å². The number of sulfone groups is 1. The maximum atomic E-state index is 11.2. The summed E-state index contributed by atoms with van der Waals surface area (Å²) in [4.78, 5) is 4.17. The second kappa shape index (κ2) is 13.2. The van der Waals surface area contributed by atoms with Gasteiger partial charge >= 0.3 is 0 Å². The van der Waals surface area contributed by atoms with Crippen molar-refractivity contribution in [1.82, 2.24) is 10.6 Å². The number of benzene rings is 1. The van der Waals surface area contributed by atoms with E-state index in [1.807, 2.05) is 0 Å². The first-order chi connectivity index (χ1) is 12.2. The third-order valence-electron chi connectivity index (χ3n) is 3.83. The minimum absolute atomic E-state index is 0. The van der Waals surface area contributed by atoms with Crippen LogP contribution in [0.15, 0.2) is 23.2 Å². The van der Waals surface area contributed by atoms with E-state index in [1.54, 1.807) is 7.05 Å². The molecule has 6 nitrogen and oxygen atoms in total. The van der Waals surface area contributed by atoms with Gasteiger partial charge < -0.3 is 15.4 Å². The average Bonchev–Trinajstić information content (AvgIpc) is 2.54. The second-order valence-electron chi connectivity index (χ2n) is 6.98. The molecule has 0 bridgehead atoms. The van der Waals surface area contributed by atoms with Gasteiger partial charge in [0.05, 0.1) is 12.4 Å². The zero-order valence-corrected chi connectivity index (χ0v) is 20.2. The maximum Gasteiger partial charge on any atom is 0.191 e. The minimum atomic E-state index is -2.93. The number of nitrogens with zero attached hydrogens (tertiary/aromatic N) is 1. The summed E-state index contributed by atoms with van der Waals surface area (Å²) in [6.07, 6.45) is 2.82. The monoisotopic (exact) mass is 511 g/mol. The Kier molecular flexibility index (Phi) is 12.7. The Balaban J connectivity index is 0.00000676. The first-order valence-electron chi connectivity index (χ1n) is 9.06. The molecule has 1 aromatic rings. The van der Waals surface area contributed by atoms with E-state index in [1.165, 1.54) is 6.26 Å². The highest BCUT2D eigenvalue weighted by Crippen LogP contribution is 2.21. The van der Waals surface area contributed by atoms with Gasteiger partial charge in [-0.1, -0.05) is 26.0 Å². The lowest BCUT2D eigenvalue weighted by Gasteiger charge is -2.16. The molecule has 1 rings (SSSR count). The van der Waals surface area contributed by atoms with Crippen LogP contribution in [0.4, 0.5) is 0 Å². The molecule has 0 aliphatic carbocycles. The first-order valence-corrected chi connectivity index (χ1v) is 11.1. The molecule has 27 heavy (non-hydrogen) atoms. The molecule has 0 amide bonds. The van der Waals surface area contributed by atoms with Crippen molar-refractivity contribution < 1.29 is 13.2 Å². The number of aryl methyl sites for hydroxylation is 1. The van der Waals surface area contributed by atoms with Crippen LogP contribution in [-0.2, 0) is 16.4 Å². The number of rotatable bonds is 10. The minimum Gasteiger partial charge on any atom is -0.493 e. The van der Waals surface area contributed by atoms with Gasteiger partial charge in [-0.05, 0) is 37.3 Å². The molecule has 0 aliphatic heterocycles. The SMILES string of the molecule is CN=C(NCCCS(C)(=O)=O)NCc1ccc(C)cc1OCCC(C)C.I. The molecule has 2 N–H and O–H groups in total. The molecular formula is C19H34IN3O3S. The number of nitrogens with one attached hydrogen (secondary N) is 2. The van der Waals surface area contributed by atoms with Crippen LogP contribution in [0.5, 0.6) is 5.75 Å². The van der Waals surface area contributed by atoms with Crippen LogP contribution in [0.25, 0.3) is 0 Å². The summed E-state index contributed by atoms with van der Waals surface area (Å²) >= 11 is 0. The highest BCUT2D eigenvalue weighted by Gasteiger charge is 2.07. The van der Waals surface area contributed by atoms with Gasteiger partial charge in [0.15, 0.2) is 5.96 Å². The largest absolute Gasteiger partial charge is 0.493 e. The van der Waals surface area contributed by atoms with Crippen molar-refractivity contribution in [2.75, 3.05) is 32.2 Å². The lowest BCUT2D eigenvalue weighted by Crippen LogP contribution is -2.37. The van der Waals surface area contributed by atoms with Crippen LogP contribution in [-0.4, -0.2) is 46.6 Å². The standard InChI is InChI=1S/C19H33N3O3S.HI/c1-15(2)9-11-25-18-13-16(3)7-8-17(18)14-22-19(20-4)21-10-6-12-26(5,23)24;/h7-8,13,15H,6,9-12,14H2,1-5H3,(H2,20,21,22);1H. The number of guanidine groups is 1. The Bertz CT molecular complexity index is 691. The summed E-state index contributed by atoms with van der Waals surface area (Å²) in [6, 6.07) is 6.18. The van der Waals surface area contributed by atoms with Crippen LogP contribution < -0.4 is 15.4 Å². The number of halogens is 1. The fourth-order valence-corrected chi connectivity index (χ4v) is 2.96. The third-order valence-corrected chi connectivity index (χ3v) is 4.86. The molecule has 0 heterocycles. The summed E-state index contributed by atoms with van der Waals surface area (Å²) in [5.74, 6) is 2.32. The topological polar surface area (TPSA) is 79.8 Å². The Morgan fingerprint density at radius 2 is 1.96 bits per heavy atom. The molecule has 1 aromatic carbocycles. The highest BCUT2D eigenvalue weighted by atomic mass is 127. The molecule has 0 spiro atoms. The van der Waals surface area contributed by atoms with Crippen molar-refractivity contribution in [2.24, 2.45) is 10.9 Å². The first kappa shape index (κ1) is 26.0. The zero-order chi connectivity index (χ0) is 19.6. The Morgan fingerprint density at radius 3 is 2.56 bits per heavy atom. The van der Waals surface area contributed by atoms with Gasteiger partial charge in [-0.3, -0.25) is 4.99 Å². The molecule has 0 aromatic heterocycles. The van der Waals surface area contributed by atoms with Crippen molar-refractivity contribution in [3.63, 3.8) is 0 Å². The lowest BCUT2D eigenvalue weighted by molar-refractivity contribution is 0.286. The Hall–Kier alpha value is -1.03. The fraction of sp³-hybridized carbons (Fsp3) is 0.632. The Morgan fingerprint density at radius 1 is 1.26 bits per heavy atom.